The molecule has 2 rings (SSSR count). The fraction of sp³-hybridized carbons (Fsp3) is 0.0909. The van der Waals surface area contributed by atoms with Gasteiger partial charge in [0.2, 0.25) is 0 Å². The summed E-state index contributed by atoms with van der Waals surface area (Å²) in [5.41, 5.74) is 2.77. The molecule has 0 saturated carbocycles. The van der Waals surface area contributed by atoms with E-state index in [9.17, 15) is 0 Å². The molecule has 0 amide bonds. The van der Waals surface area contributed by atoms with E-state index >= 15 is 0 Å². The predicted octanol–water partition coefficient (Wildman–Crippen LogP) is 2.38. The normalized spacial score (nSPS) is 13.8. The molecule has 1 aliphatic carbocycles. The molecule has 0 aromatic heterocycles. The van der Waals surface area contributed by atoms with E-state index in [0.29, 0.717) is 0 Å². The fourth-order valence-electron chi connectivity index (χ4n) is 1.31. The third-order valence-electron chi connectivity index (χ3n) is 1.92. The van der Waals surface area contributed by atoms with Gasteiger partial charge < -0.3 is 0 Å². The van der Waals surface area contributed by atoms with E-state index in [4.69, 9.17) is 0 Å². The third-order valence-corrected chi connectivity index (χ3v) is 1.92. The van der Waals surface area contributed by atoms with E-state index in [1.165, 1.54) is 11.1 Å². The van der Waals surface area contributed by atoms with Crippen LogP contribution in [-0.2, 0) is 0 Å². The van der Waals surface area contributed by atoms with Gasteiger partial charge in [-0.1, -0.05) is 48.6 Å². The topological polar surface area (TPSA) is 0 Å². The summed E-state index contributed by atoms with van der Waals surface area (Å²) in [5.74, 6) is 0. The van der Waals surface area contributed by atoms with E-state index in [1.807, 2.05) is 6.07 Å². The van der Waals surface area contributed by atoms with E-state index in [2.05, 4.69) is 42.5 Å². The van der Waals surface area contributed by atoms with Crippen LogP contribution >= 0.6 is 0 Å². The standard InChI is InChI=1S/C11H10.Na.H/c1-2-6-10(7-3-1)11-8-4-5-9-11;;/h1-8H,9H2;;. The van der Waals surface area contributed by atoms with Crippen LogP contribution in [0.1, 0.15) is 12.0 Å². The average Bonchev–Trinajstić information content (AvgIpc) is 2.58. The Labute approximate surface area is 95.3 Å². The van der Waals surface area contributed by atoms with Crippen molar-refractivity contribution in [1.82, 2.24) is 0 Å². The number of hydrogen-bond acceptors (Lipinski definition) is 0. The molecular weight excluding hydrogens is 155 g/mol. The molecule has 1 heteroatoms. The molecule has 1 aromatic rings. The Morgan fingerprint density at radius 2 is 1.75 bits per heavy atom. The summed E-state index contributed by atoms with van der Waals surface area (Å²) in [6.45, 7) is 0. The summed E-state index contributed by atoms with van der Waals surface area (Å²) in [5, 5.41) is 0. The van der Waals surface area contributed by atoms with Gasteiger partial charge in [-0.15, -0.1) is 0 Å². The zero-order chi connectivity index (χ0) is 7.52. The van der Waals surface area contributed by atoms with Crippen molar-refractivity contribution >= 4 is 35.1 Å². The van der Waals surface area contributed by atoms with Gasteiger partial charge in [0.15, 0.2) is 0 Å². The van der Waals surface area contributed by atoms with Crippen LogP contribution < -0.4 is 0 Å². The molecule has 0 bridgehead atoms. The summed E-state index contributed by atoms with van der Waals surface area (Å²) in [7, 11) is 0. The van der Waals surface area contributed by atoms with Gasteiger partial charge in [-0.05, 0) is 17.6 Å². The molecule has 0 fully saturated rings. The molecule has 0 heterocycles. The molecule has 0 unspecified atom stereocenters. The van der Waals surface area contributed by atoms with E-state index in [0.717, 1.165) is 6.42 Å². The Kier molecular flexibility index (Phi) is 3.80. The monoisotopic (exact) mass is 166 g/mol. The van der Waals surface area contributed by atoms with Crippen molar-refractivity contribution in [3.8, 4) is 0 Å². The van der Waals surface area contributed by atoms with Crippen LogP contribution in [0.5, 0.6) is 0 Å². The summed E-state index contributed by atoms with van der Waals surface area (Å²) < 4.78 is 0. The molecule has 1 aromatic carbocycles. The Balaban J connectivity index is 0.000000720. The van der Waals surface area contributed by atoms with Crippen molar-refractivity contribution in [2.45, 2.75) is 6.42 Å². The second-order valence-electron chi connectivity index (χ2n) is 2.69. The van der Waals surface area contributed by atoms with Gasteiger partial charge in [0.25, 0.3) is 0 Å². The first-order chi connectivity index (χ1) is 5.47. The van der Waals surface area contributed by atoms with Crippen molar-refractivity contribution in [3.05, 3.63) is 54.1 Å². The van der Waals surface area contributed by atoms with Crippen LogP contribution in [0.15, 0.2) is 48.6 Å². The molecule has 0 N–H and O–H groups in total. The third kappa shape index (κ3) is 2.10. The molecule has 0 radical (unpaired) electrons. The van der Waals surface area contributed by atoms with Gasteiger partial charge in [-0.2, -0.15) is 0 Å². The predicted molar refractivity (Wildman–Crippen MR) is 55.3 cm³/mol. The Hall–Kier alpha value is -0.300. The van der Waals surface area contributed by atoms with Crippen molar-refractivity contribution in [1.29, 1.82) is 0 Å². The van der Waals surface area contributed by atoms with Gasteiger partial charge in [0, 0.05) is 0 Å². The molecule has 12 heavy (non-hydrogen) atoms. The number of rotatable bonds is 1. The first kappa shape index (κ1) is 9.79. The summed E-state index contributed by atoms with van der Waals surface area (Å²) >= 11 is 0. The molecular formula is C11H11Na. The van der Waals surface area contributed by atoms with Gasteiger partial charge in [0.05, 0.1) is 0 Å². The van der Waals surface area contributed by atoms with Gasteiger partial charge in [-0.3, -0.25) is 0 Å². The number of benzene rings is 1. The van der Waals surface area contributed by atoms with Crippen LogP contribution in [0.25, 0.3) is 5.57 Å². The molecule has 0 spiro atoms. The quantitative estimate of drug-likeness (QED) is 0.562. The summed E-state index contributed by atoms with van der Waals surface area (Å²) in [4.78, 5) is 0. The first-order valence-electron chi connectivity index (χ1n) is 3.88. The van der Waals surface area contributed by atoms with Gasteiger partial charge in [-0.25, -0.2) is 0 Å². The fourth-order valence-corrected chi connectivity index (χ4v) is 1.31. The van der Waals surface area contributed by atoms with Crippen molar-refractivity contribution in [3.63, 3.8) is 0 Å². The molecule has 0 atom stereocenters. The van der Waals surface area contributed by atoms with Crippen LogP contribution in [0.3, 0.4) is 0 Å². The first-order valence-corrected chi connectivity index (χ1v) is 3.88. The van der Waals surface area contributed by atoms with E-state index < -0.39 is 0 Å². The Morgan fingerprint density at radius 1 is 1.00 bits per heavy atom. The van der Waals surface area contributed by atoms with Crippen LogP contribution in [-0.4, -0.2) is 29.6 Å². The minimum atomic E-state index is 0. The van der Waals surface area contributed by atoms with Crippen molar-refractivity contribution < 1.29 is 0 Å². The molecule has 0 nitrogen and oxygen atoms in total. The SMILES string of the molecule is C1=CCC(c2ccccc2)=C1.[NaH]. The van der Waals surface area contributed by atoms with Gasteiger partial charge >= 0.3 is 29.6 Å². The van der Waals surface area contributed by atoms with Gasteiger partial charge in [0.1, 0.15) is 0 Å². The van der Waals surface area contributed by atoms with Crippen LogP contribution in [0.4, 0.5) is 0 Å². The Morgan fingerprint density at radius 3 is 2.33 bits per heavy atom. The second-order valence-corrected chi connectivity index (χ2v) is 2.69. The van der Waals surface area contributed by atoms with E-state index in [-0.39, 0.29) is 29.6 Å². The zero-order valence-corrected chi connectivity index (χ0v) is 6.33. The summed E-state index contributed by atoms with van der Waals surface area (Å²) in [6, 6.07) is 10.5. The van der Waals surface area contributed by atoms with Crippen molar-refractivity contribution in [2.75, 3.05) is 0 Å². The molecule has 0 aliphatic heterocycles. The van der Waals surface area contributed by atoms with Crippen molar-refractivity contribution in [2.24, 2.45) is 0 Å². The molecule has 1 aliphatic rings. The van der Waals surface area contributed by atoms with Crippen LogP contribution in [0.2, 0.25) is 0 Å². The molecule has 56 valence electrons. The maximum atomic E-state index is 2.18. The maximum absolute atomic E-state index is 2.18. The number of hydrogen-bond donors (Lipinski definition) is 0. The second kappa shape index (κ2) is 4.66. The minimum absolute atomic E-state index is 0. The summed E-state index contributed by atoms with van der Waals surface area (Å²) in [6.07, 6.45) is 7.56. The van der Waals surface area contributed by atoms with E-state index in [1.54, 1.807) is 0 Å². The molecule has 0 saturated heterocycles. The zero-order valence-electron chi connectivity index (χ0n) is 6.33. The van der Waals surface area contributed by atoms with Crippen LogP contribution in [0, 0.1) is 0 Å². The average molecular weight is 166 g/mol. The number of allylic oxidation sites excluding steroid dienone is 4. The Bertz CT molecular complexity index is 296.